The van der Waals surface area contributed by atoms with Crippen molar-refractivity contribution in [3.8, 4) is 11.5 Å². The molecule has 9 heteroatoms. The van der Waals surface area contributed by atoms with Crippen molar-refractivity contribution in [2.24, 2.45) is 10.9 Å². The van der Waals surface area contributed by atoms with E-state index in [1.165, 1.54) is 18.9 Å². The Hall–Kier alpha value is -2.53. The molecule has 0 unspecified atom stereocenters. The molecule has 0 aromatic heterocycles. The van der Waals surface area contributed by atoms with Gasteiger partial charge in [0.05, 0.1) is 21.3 Å². The normalized spacial score (nSPS) is 16.2. The number of nitrogens with zero attached hydrogens (tertiary/aromatic N) is 2. The van der Waals surface area contributed by atoms with Gasteiger partial charge in [0.15, 0.2) is 23.3 Å². The molecule has 1 aliphatic heterocycles. The fraction of sp³-hybridized carbons (Fsp3) is 0.292. The molecule has 1 N–H and O–H groups in total. The summed E-state index contributed by atoms with van der Waals surface area (Å²) in [5.41, 5.74) is 2.69. The molecular formula is C24H25IN2O5S. The SMILES string of the molecule is COc1cc(/C=C2/SC(=Nc3ccc(C)cc3)N(CC(C)C)C2=O)cc(I)c1OCC(=O)O. The van der Waals surface area contributed by atoms with Crippen LogP contribution in [0.4, 0.5) is 5.69 Å². The van der Waals surface area contributed by atoms with Crippen LogP contribution in [-0.4, -0.2) is 47.3 Å². The Labute approximate surface area is 211 Å². The Morgan fingerprint density at radius 1 is 1.27 bits per heavy atom. The van der Waals surface area contributed by atoms with Gasteiger partial charge in [0.25, 0.3) is 5.91 Å². The number of carbonyl (C=O) groups is 2. The fourth-order valence-corrected chi connectivity index (χ4v) is 4.88. The van der Waals surface area contributed by atoms with Crippen LogP contribution in [0.2, 0.25) is 0 Å². The summed E-state index contributed by atoms with van der Waals surface area (Å²) in [5, 5.41) is 9.55. The summed E-state index contributed by atoms with van der Waals surface area (Å²) in [5.74, 6) is -0.129. The van der Waals surface area contributed by atoms with E-state index in [4.69, 9.17) is 19.6 Å². The maximum absolute atomic E-state index is 13.2. The largest absolute Gasteiger partial charge is 0.493 e. The molecule has 0 bridgehead atoms. The van der Waals surface area contributed by atoms with E-state index < -0.39 is 12.6 Å². The number of rotatable bonds is 8. The zero-order valence-corrected chi connectivity index (χ0v) is 21.8. The Morgan fingerprint density at radius 2 is 1.97 bits per heavy atom. The number of ether oxygens (including phenoxy) is 2. The van der Waals surface area contributed by atoms with Gasteiger partial charge in [-0.1, -0.05) is 31.5 Å². The number of amidine groups is 1. The summed E-state index contributed by atoms with van der Waals surface area (Å²) in [6.45, 7) is 6.24. The highest BCUT2D eigenvalue weighted by molar-refractivity contribution is 14.1. The lowest BCUT2D eigenvalue weighted by Crippen LogP contribution is -2.32. The maximum atomic E-state index is 13.2. The average molecular weight is 580 g/mol. The molecule has 1 amide bonds. The first-order valence-electron chi connectivity index (χ1n) is 10.3. The third-order valence-electron chi connectivity index (χ3n) is 4.58. The summed E-state index contributed by atoms with van der Waals surface area (Å²) < 4.78 is 11.4. The Balaban J connectivity index is 1.95. The number of methoxy groups -OCH3 is 1. The molecule has 1 fully saturated rings. The molecule has 2 aromatic rings. The van der Waals surface area contributed by atoms with Crippen LogP contribution in [-0.2, 0) is 9.59 Å². The van der Waals surface area contributed by atoms with Crippen molar-refractivity contribution in [3.05, 3.63) is 56.0 Å². The number of hydrogen-bond donors (Lipinski definition) is 1. The van der Waals surface area contributed by atoms with Crippen LogP contribution in [0.1, 0.15) is 25.0 Å². The summed E-state index contributed by atoms with van der Waals surface area (Å²) >= 11 is 3.40. The molecule has 0 atom stereocenters. The zero-order chi connectivity index (χ0) is 24.1. The third-order valence-corrected chi connectivity index (χ3v) is 6.39. The van der Waals surface area contributed by atoms with Gasteiger partial charge in [-0.3, -0.25) is 9.69 Å². The van der Waals surface area contributed by atoms with Gasteiger partial charge in [-0.2, -0.15) is 0 Å². The average Bonchev–Trinajstić information content (AvgIpc) is 3.02. The van der Waals surface area contributed by atoms with Crippen molar-refractivity contribution in [2.75, 3.05) is 20.3 Å². The second-order valence-corrected chi connectivity index (χ2v) is 10.0. The van der Waals surface area contributed by atoms with Crippen LogP contribution in [0.15, 0.2) is 46.3 Å². The molecular weight excluding hydrogens is 555 g/mol. The number of benzene rings is 2. The third kappa shape index (κ3) is 6.50. The summed E-state index contributed by atoms with van der Waals surface area (Å²) in [6.07, 6.45) is 1.80. The van der Waals surface area contributed by atoms with Crippen molar-refractivity contribution in [2.45, 2.75) is 20.8 Å². The molecule has 174 valence electrons. The van der Waals surface area contributed by atoms with Crippen LogP contribution in [0, 0.1) is 16.4 Å². The van der Waals surface area contributed by atoms with Gasteiger partial charge in [0.1, 0.15) is 0 Å². The molecule has 0 spiro atoms. The molecule has 1 heterocycles. The molecule has 3 rings (SSSR count). The standard InChI is InChI=1S/C24H25IN2O5S/c1-14(2)12-27-23(30)20(33-24(27)26-17-7-5-15(3)6-8-17)11-16-9-18(25)22(19(10-16)31-4)32-13-21(28)29/h5-11,14H,12-13H2,1-4H3,(H,28,29)/b20-11+,26-24?. The number of carboxylic acid groups (broad SMARTS) is 1. The zero-order valence-electron chi connectivity index (χ0n) is 18.8. The van der Waals surface area contributed by atoms with Crippen LogP contribution in [0.3, 0.4) is 0 Å². The number of aryl methyl sites for hydroxylation is 1. The highest BCUT2D eigenvalue weighted by Gasteiger charge is 2.33. The maximum Gasteiger partial charge on any atom is 0.341 e. The lowest BCUT2D eigenvalue weighted by atomic mass is 10.1. The van der Waals surface area contributed by atoms with Gasteiger partial charge >= 0.3 is 5.97 Å². The van der Waals surface area contributed by atoms with Gasteiger partial charge in [0, 0.05) is 6.54 Å². The number of halogens is 1. The molecule has 1 aliphatic rings. The van der Waals surface area contributed by atoms with Crippen molar-refractivity contribution in [1.82, 2.24) is 4.90 Å². The number of amides is 1. The minimum absolute atomic E-state index is 0.0975. The topological polar surface area (TPSA) is 88.4 Å². The first kappa shape index (κ1) is 25.1. The monoisotopic (exact) mass is 580 g/mol. The van der Waals surface area contributed by atoms with E-state index in [1.54, 1.807) is 17.0 Å². The van der Waals surface area contributed by atoms with E-state index in [0.717, 1.165) is 16.8 Å². The van der Waals surface area contributed by atoms with E-state index in [9.17, 15) is 9.59 Å². The highest BCUT2D eigenvalue weighted by atomic mass is 127. The minimum Gasteiger partial charge on any atom is -0.493 e. The molecule has 2 aromatic carbocycles. The van der Waals surface area contributed by atoms with Crippen molar-refractivity contribution in [3.63, 3.8) is 0 Å². The summed E-state index contributed by atoms with van der Waals surface area (Å²) in [6, 6.07) is 11.4. The van der Waals surface area contributed by atoms with Gasteiger partial charge in [0.2, 0.25) is 0 Å². The van der Waals surface area contributed by atoms with Gasteiger partial charge in [-0.15, -0.1) is 0 Å². The quantitative estimate of drug-likeness (QED) is 0.336. The van der Waals surface area contributed by atoms with Crippen molar-refractivity contribution >= 4 is 63.2 Å². The lowest BCUT2D eigenvalue weighted by Gasteiger charge is -2.17. The second-order valence-electron chi connectivity index (χ2n) is 7.87. The Kier molecular flexibility index (Phi) is 8.41. The molecule has 1 saturated heterocycles. The predicted octanol–water partition coefficient (Wildman–Crippen LogP) is 5.33. The van der Waals surface area contributed by atoms with Gasteiger partial charge in [-0.25, -0.2) is 9.79 Å². The number of thioether (sulfide) groups is 1. The first-order valence-corrected chi connectivity index (χ1v) is 12.2. The Bertz CT molecular complexity index is 1110. The minimum atomic E-state index is -1.07. The number of aliphatic carboxylic acids is 1. The van der Waals surface area contributed by atoms with Crippen LogP contribution >= 0.6 is 34.4 Å². The summed E-state index contributed by atoms with van der Waals surface area (Å²) in [4.78, 5) is 31.1. The summed E-state index contributed by atoms with van der Waals surface area (Å²) in [7, 11) is 1.49. The van der Waals surface area contributed by atoms with Gasteiger partial charge in [-0.05, 0) is 83.1 Å². The number of carbonyl (C=O) groups excluding carboxylic acids is 1. The van der Waals surface area contributed by atoms with E-state index >= 15 is 0 Å². The van der Waals surface area contributed by atoms with Crippen LogP contribution in [0.5, 0.6) is 11.5 Å². The van der Waals surface area contributed by atoms with E-state index in [1.807, 2.05) is 37.3 Å². The Morgan fingerprint density at radius 3 is 2.58 bits per heavy atom. The van der Waals surface area contributed by atoms with E-state index in [-0.39, 0.29) is 11.8 Å². The number of hydrogen-bond acceptors (Lipinski definition) is 6. The van der Waals surface area contributed by atoms with Crippen LogP contribution < -0.4 is 9.47 Å². The van der Waals surface area contributed by atoms with Gasteiger partial charge < -0.3 is 14.6 Å². The van der Waals surface area contributed by atoms with E-state index in [0.29, 0.717) is 31.7 Å². The smallest absolute Gasteiger partial charge is 0.341 e. The fourth-order valence-electron chi connectivity index (χ4n) is 3.10. The highest BCUT2D eigenvalue weighted by Crippen LogP contribution is 2.38. The molecule has 0 saturated carbocycles. The van der Waals surface area contributed by atoms with E-state index in [2.05, 4.69) is 36.4 Å². The molecule has 0 radical (unpaired) electrons. The number of aliphatic imine (C=N–C) groups is 1. The second kappa shape index (κ2) is 11.1. The van der Waals surface area contributed by atoms with Crippen molar-refractivity contribution in [1.29, 1.82) is 0 Å². The number of carboxylic acids is 1. The molecule has 7 nitrogen and oxygen atoms in total. The molecule has 0 aliphatic carbocycles. The first-order chi connectivity index (χ1) is 15.7. The van der Waals surface area contributed by atoms with Crippen molar-refractivity contribution < 1.29 is 24.2 Å². The molecule has 33 heavy (non-hydrogen) atoms. The lowest BCUT2D eigenvalue weighted by molar-refractivity contribution is -0.139. The van der Waals surface area contributed by atoms with Crippen LogP contribution in [0.25, 0.3) is 6.08 Å². The predicted molar refractivity (Wildman–Crippen MR) is 139 cm³/mol.